The summed E-state index contributed by atoms with van der Waals surface area (Å²) in [6.07, 6.45) is -22.1. The zero-order valence-electron chi connectivity index (χ0n) is 9.97. The molecule has 22 heavy (non-hydrogen) atoms. The third kappa shape index (κ3) is 2.39. The van der Waals surface area contributed by atoms with Crippen LogP contribution in [-0.2, 0) is 5.92 Å². The van der Waals surface area contributed by atoms with Gasteiger partial charge in [-0.1, -0.05) is 24.3 Å². The maximum absolute atomic E-state index is 13.8. The van der Waals surface area contributed by atoms with Gasteiger partial charge in [0.25, 0.3) is 0 Å². The fourth-order valence-corrected chi connectivity index (χ4v) is 1.81. The zero-order chi connectivity index (χ0) is 17.6. The Morgan fingerprint density at radius 2 is 1.05 bits per heavy atom. The summed E-state index contributed by atoms with van der Waals surface area (Å²) in [6.45, 7) is 0. The summed E-state index contributed by atoms with van der Waals surface area (Å²) < 4.78 is 141. The molecule has 0 aliphatic heterocycles. The molecule has 1 aromatic carbocycles. The van der Waals surface area contributed by atoms with Crippen molar-refractivity contribution in [2.45, 2.75) is 24.5 Å². The molecule has 0 bridgehead atoms. The van der Waals surface area contributed by atoms with Gasteiger partial charge in [0.05, 0.1) is 0 Å². The van der Waals surface area contributed by atoms with Crippen molar-refractivity contribution in [1.82, 2.24) is 0 Å². The standard InChI is InChI=1S/C11H4F11/c12-7(13,6-4-2-1-3-5-6)8(9(14,15)16,10(17,18)19)11(20,21)22/h1-4H. The van der Waals surface area contributed by atoms with E-state index in [1.807, 2.05) is 0 Å². The van der Waals surface area contributed by atoms with Gasteiger partial charge < -0.3 is 0 Å². The fourth-order valence-electron chi connectivity index (χ4n) is 1.81. The van der Waals surface area contributed by atoms with E-state index in [0.717, 1.165) is 6.07 Å². The minimum atomic E-state index is -7.35. The van der Waals surface area contributed by atoms with E-state index < -0.39 is 35.4 Å². The highest BCUT2D eigenvalue weighted by atomic mass is 19.4. The van der Waals surface area contributed by atoms with Gasteiger partial charge in [0, 0.05) is 5.56 Å². The molecule has 125 valence electrons. The molecule has 0 heterocycles. The van der Waals surface area contributed by atoms with Crippen LogP contribution in [0.4, 0.5) is 48.3 Å². The van der Waals surface area contributed by atoms with E-state index >= 15 is 0 Å². The molecule has 0 aliphatic rings. The van der Waals surface area contributed by atoms with Gasteiger partial charge in [-0.3, -0.25) is 0 Å². The fraction of sp³-hybridized carbons (Fsp3) is 0.455. The van der Waals surface area contributed by atoms with Crippen molar-refractivity contribution in [3.8, 4) is 0 Å². The number of alkyl halides is 11. The van der Waals surface area contributed by atoms with E-state index in [9.17, 15) is 48.3 Å². The molecule has 1 rings (SSSR count). The Labute approximate surface area is 115 Å². The van der Waals surface area contributed by atoms with E-state index in [-0.39, 0.29) is 6.07 Å². The lowest BCUT2D eigenvalue weighted by Crippen LogP contribution is -2.67. The van der Waals surface area contributed by atoms with E-state index in [1.165, 1.54) is 6.07 Å². The first-order valence-corrected chi connectivity index (χ1v) is 5.16. The zero-order valence-corrected chi connectivity index (χ0v) is 9.97. The number of benzene rings is 1. The molecule has 0 fully saturated rings. The average Bonchev–Trinajstić information content (AvgIpc) is 2.23. The van der Waals surface area contributed by atoms with Crippen molar-refractivity contribution in [2.24, 2.45) is 5.41 Å². The van der Waals surface area contributed by atoms with Crippen LogP contribution in [0.1, 0.15) is 5.56 Å². The summed E-state index contributed by atoms with van der Waals surface area (Å²) in [5, 5.41) is 0. The summed E-state index contributed by atoms with van der Waals surface area (Å²) >= 11 is 0. The third-order valence-corrected chi connectivity index (χ3v) is 2.79. The molecule has 0 aliphatic carbocycles. The van der Waals surface area contributed by atoms with Gasteiger partial charge >= 0.3 is 29.9 Å². The molecule has 0 spiro atoms. The Kier molecular flexibility index (Phi) is 4.19. The lowest BCUT2D eigenvalue weighted by Gasteiger charge is -2.43. The van der Waals surface area contributed by atoms with Crippen LogP contribution in [0.5, 0.6) is 0 Å². The minimum absolute atomic E-state index is 0.00201. The quantitative estimate of drug-likeness (QED) is 0.642. The molecule has 0 unspecified atom stereocenters. The predicted molar refractivity (Wildman–Crippen MR) is 49.8 cm³/mol. The molecular formula is C11H4F11. The second kappa shape index (κ2) is 4.98. The van der Waals surface area contributed by atoms with Gasteiger partial charge in [0.2, 0.25) is 0 Å². The predicted octanol–water partition coefficient (Wildman–Crippen LogP) is 5.25. The van der Waals surface area contributed by atoms with Crippen molar-refractivity contribution in [1.29, 1.82) is 0 Å². The molecule has 1 aromatic rings. The number of rotatable bonds is 2. The van der Waals surface area contributed by atoms with Crippen molar-refractivity contribution in [3.63, 3.8) is 0 Å². The monoisotopic (exact) mass is 345 g/mol. The highest BCUT2D eigenvalue weighted by Gasteiger charge is 2.93. The molecular weight excluding hydrogens is 341 g/mol. The molecule has 0 amide bonds. The van der Waals surface area contributed by atoms with E-state index in [0.29, 0.717) is 12.1 Å². The topological polar surface area (TPSA) is 0 Å². The molecule has 1 radical (unpaired) electrons. The van der Waals surface area contributed by atoms with Crippen LogP contribution in [0.15, 0.2) is 24.3 Å². The molecule has 0 aromatic heterocycles. The third-order valence-electron chi connectivity index (χ3n) is 2.79. The van der Waals surface area contributed by atoms with E-state index in [4.69, 9.17) is 0 Å². The molecule has 0 atom stereocenters. The lowest BCUT2D eigenvalue weighted by atomic mass is 9.75. The number of hydrogen-bond acceptors (Lipinski definition) is 0. The van der Waals surface area contributed by atoms with Gasteiger partial charge in [0.15, 0.2) is 0 Å². The summed E-state index contributed by atoms with van der Waals surface area (Å²) in [7, 11) is 0. The average molecular weight is 345 g/mol. The molecule has 0 N–H and O–H groups in total. The van der Waals surface area contributed by atoms with Gasteiger partial charge in [-0.2, -0.15) is 48.3 Å². The lowest BCUT2D eigenvalue weighted by molar-refractivity contribution is -0.479. The first kappa shape index (κ1) is 18.5. The molecule has 0 nitrogen and oxygen atoms in total. The van der Waals surface area contributed by atoms with Gasteiger partial charge in [-0.05, 0) is 6.07 Å². The van der Waals surface area contributed by atoms with Crippen molar-refractivity contribution >= 4 is 0 Å². The van der Waals surface area contributed by atoms with Crippen LogP contribution in [0.3, 0.4) is 0 Å². The van der Waals surface area contributed by atoms with E-state index in [2.05, 4.69) is 0 Å². The number of hydrogen-bond donors (Lipinski definition) is 0. The Balaban J connectivity index is 3.87. The highest BCUT2D eigenvalue weighted by molar-refractivity contribution is 5.25. The van der Waals surface area contributed by atoms with Crippen LogP contribution in [0.25, 0.3) is 0 Å². The second-order valence-electron chi connectivity index (χ2n) is 4.09. The van der Waals surface area contributed by atoms with Crippen molar-refractivity contribution in [3.05, 3.63) is 35.9 Å². The SMILES string of the molecule is FC(F)(F)C(C(F)(F)F)(C(F)(F)F)C(F)(F)c1[c]cccc1. The highest BCUT2D eigenvalue weighted by Crippen LogP contribution is 2.68. The summed E-state index contributed by atoms with van der Waals surface area (Å²) in [5.41, 5.74) is -9.43. The maximum atomic E-state index is 13.8. The van der Waals surface area contributed by atoms with Crippen LogP contribution in [-0.4, -0.2) is 18.5 Å². The summed E-state index contributed by atoms with van der Waals surface area (Å²) in [6, 6.07) is 3.20. The van der Waals surface area contributed by atoms with Crippen LogP contribution in [0.2, 0.25) is 0 Å². The van der Waals surface area contributed by atoms with Crippen molar-refractivity contribution < 1.29 is 48.3 Å². The normalized spacial score (nSPS) is 15.0. The van der Waals surface area contributed by atoms with Gasteiger partial charge in [-0.15, -0.1) is 0 Å². The summed E-state index contributed by atoms with van der Waals surface area (Å²) in [5.74, 6) is -6.37. The molecule has 0 saturated heterocycles. The van der Waals surface area contributed by atoms with E-state index in [1.54, 1.807) is 0 Å². The van der Waals surface area contributed by atoms with Gasteiger partial charge in [0.1, 0.15) is 0 Å². The van der Waals surface area contributed by atoms with Crippen LogP contribution >= 0.6 is 0 Å². The smallest absolute Gasteiger partial charge is 0.199 e. The van der Waals surface area contributed by atoms with Crippen LogP contribution < -0.4 is 0 Å². The van der Waals surface area contributed by atoms with Crippen LogP contribution in [0, 0.1) is 11.5 Å². The first-order chi connectivity index (χ1) is 9.61. The number of halogens is 11. The minimum Gasteiger partial charge on any atom is -0.199 e. The summed E-state index contributed by atoms with van der Waals surface area (Å²) in [4.78, 5) is 0. The molecule has 0 saturated carbocycles. The first-order valence-electron chi connectivity index (χ1n) is 5.16. The Hall–Kier alpha value is -1.55. The Morgan fingerprint density at radius 3 is 1.32 bits per heavy atom. The van der Waals surface area contributed by atoms with Gasteiger partial charge in [-0.25, -0.2) is 0 Å². The Bertz CT molecular complexity index is 470. The van der Waals surface area contributed by atoms with Crippen molar-refractivity contribution in [2.75, 3.05) is 0 Å². The maximum Gasteiger partial charge on any atom is 0.418 e. The largest absolute Gasteiger partial charge is 0.418 e. The molecule has 11 heteroatoms. The Morgan fingerprint density at radius 1 is 0.636 bits per heavy atom. The second-order valence-corrected chi connectivity index (χ2v) is 4.09.